The molecule has 138 valence electrons. The van der Waals surface area contributed by atoms with Gasteiger partial charge in [-0.1, -0.05) is 0 Å². The van der Waals surface area contributed by atoms with E-state index in [4.69, 9.17) is 0 Å². The summed E-state index contributed by atoms with van der Waals surface area (Å²) >= 11 is 1.45. The fraction of sp³-hybridized carbons (Fsp3) is 0.750. The van der Waals surface area contributed by atoms with Gasteiger partial charge in [0.25, 0.3) is 5.91 Å². The minimum absolute atomic E-state index is 0.0645. The number of piperazine rings is 1. The monoisotopic (exact) mass is 384 g/mol. The Morgan fingerprint density at radius 3 is 2.68 bits per heavy atom. The lowest BCUT2D eigenvalue weighted by molar-refractivity contribution is 0.0414. The fourth-order valence-corrected chi connectivity index (χ4v) is 7.11. The van der Waals surface area contributed by atoms with Crippen molar-refractivity contribution >= 4 is 27.1 Å². The molecule has 0 bridgehead atoms. The summed E-state index contributed by atoms with van der Waals surface area (Å²) in [5, 5.41) is 0.968. The summed E-state index contributed by atoms with van der Waals surface area (Å²) in [7, 11) is -1.13. The molecule has 2 atom stereocenters. The highest BCUT2D eigenvalue weighted by Gasteiger charge is 2.47. The van der Waals surface area contributed by atoms with Gasteiger partial charge in [-0.05, 0) is 33.0 Å². The summed E-state index contributed by atoms with van der Waals surface area (Å²) < 4.78 is 24.1. The summed E-state index contributed by atoms with van der Waals surface area (Å²) in [4.78, 5) is 24.2. The number of aromatic nitrogens is 1. The van der Waals surface area contributed by atoms with Crippen molar-refractivity contribution in [2.75, 3.05) is 44.7 Å². The Kier molecular flexibility index (Phi) is 4.59. The van der Waals surface area contributed by atoms with Gasteiger partial charge in [0, 0.05) is 19.1 Å². The van der Waals surface area contributed by atoms with Crippen LogP contribution in [-0.2, 0) is 16.4 Å². The molecule has 9 heteroatoms. The molecule has 1 aromatic rings. The van der Waals surface area contributed by atoms with Crippen molar-refractivity contribution in [2.24, 2.45) is 0 Å². The molecule has 1 aromatic heterocycles. The van der Waals surface area contributed by atoms with Crippen LogP contribution in [-0.4, -0.2) is 90.8 Å². The van der Waals surface area contributed by atoms with Gasteiger partial charge in [-0.15, -0.1) is 11.3 Å². The number of amides is 1. The number of likely N-dealkylation sites (tertiary alicyclic amines) is 1. The minimum atomic E-state index is -3.08. The summed E-state index contributed by atoms with van der Waals surface area (Å²) in [6.07, 6.45) is 4.13. The second kappa shape index (κ2) is 6.61. The van der Waals surface area contributed by atoms with E-state index >= 15 is 0 Å². The van der Waals surface area contributed by atoms with Crippen LogP contribution in [0.5, 0.6) is 0 Å². The largest absolute Gasteiger partial charge is 0.331 e. The molecule has 3 aliphatic heterocycles. The predicted octanol–water partition coefficient (Wildman–Crippen LogP) is 0.292. The molecular formula is C16H24N4O3S2. The van der Waals surface area contributed by atoms with Crippen LogP contribution in [0.3, 0.4) is 0 Å². The number of nitrogens with zero attached hydrogens (tertiary/aromatic N) is 4. The molecule has 0 saturated carbocycles. The van der Waals surface area contributed by atoms with E-state index in [-0.39, 0.29) is 29.5 Å². The third-order valence-corrected chi connectivity index (χ3v) is 8.21. The van der Waals surface area contributed by atoms with Crippen LogP contribution in [0.25, 0.3) is 0 Å². The molecule has 1 amide bonds. The molecule has 0 radical (unpaired) electrons. The van der Waals surface area contributed by atoms with Crippen LogP contribution in [0.4, 0.5) is 0 Å². The van der Waals surface area contributed by atoms with Gasteiger partial charge in [-0.2, -0.15) is 0 Å². The summed E-state index contributed by atoms with van der Waals surface area (Å²) in [6, 6.07) is -0.319. The van der Waals surface area contributed by atoms with Gasteiger partial charge in [0.1, 0.15) is 9.88 Å². The Labute approximate surface area is 152 Å². The smallest absolute Gasteiger partial charge is 0.265 e. The quantitative estimate of drug-likeness (QED) is 0.746. The van der Waals surface area contributed by atoms with Crippen molar-refractivity contribution in [3.05, 3.63) is 16.1 Å². The van der Waals surface area contributed by atoms with E-state index < -0.39 is 9.84 Å². The van der Waals surface area contributed by atoms with E-state index in [1.54, 1.807) is 11.1 Å². The molecule has 4 heterocycles. The molecule has 3 aliphatic rings. The Hall–Kier alpha value is -1.03. The molecule has 25 heavy (non-hydrogen) atoms. The van der Waals surface area contributed by atoms with Gasteiger partial charge in [0.05, 0.1) is 30.3 Å². The zero-order valence-corrected chi connectivity index (χ0v) is 16.1. The summed E-state index contributed by atoms with van der Waals surface area (Å²) in [5.74, 6) is 0.166. The van der Waals surface area contributed by atoms with E-state index in [1.807, 2.05) is 7.05 Å². The SMILES string of the molecule is CN1CCN(C(=O)c2cnc(CN3CCCC3)s2)C2CS(=O)(=O)CC21. The maximum absolute atomic E-state index is 13.0. The van der Waals surface area contributed by atoms with Crippen molar-refractivity contribution in [3.8, 4) is 0 Å². The van der Waals surface area contributed by atoms with Gasteiger partial charge >= 0.3 is 0 Å². The van der Waals surface area contributed by atoms with E-state index in [9.17, 15) is 13.2 Å². The van der Waals surface area contributed by atoms with Crippen molar-refractivity contribution in [1.82, 2.24) is 19.7 Å². The molecule has 4 rings (SSSR count). The fourth-order valence-electron chi connectivity index (χ4n) is 4.13. The standard InChI is InChI=1S/C16H24N4O3S2/c1-18-6-7-20(13-11-25(22,23)10-12(13)18)16(21)14-8-17-15(24-14)9-19-4-2-3-5-19/h8,12-13H,2-7,9-11H2,1H3. The topological polar surface area (TPSA) is 73.8 Å². The second-order valence-corrected chi connectivity index (χ2v) is 10.6. The zero-order valence-electron chi connectivity index (χ0n) is 14.4. The van der Waals surface area contributed by atoms with Gasteiger partial charge in [-0.25, -0.2) is 13.4 Å². The molecule has 3 fully saturated rings. The first-order chi connectivity index (χ1) is 11.9. The van der Waals surface area contributed by atoms with Gasteiger partial charge in [0.15, 0.2) is 9.84 Å². The van der Waals surface area contributed by atoms with Gasteiger partial charge in [-0.3, -0.25) is 14.6 Å². The zero-order chi connectivity index (χ0) is 17.6. The summed E-state index contributed by atoms with van der Waals surface area (Å²) in [6.45, 7) is 4.29. The molecule has 0 N–H and O–H groups in total. The minimum Gasteiger partial charge on any atom is -0.331 e. The number of hydrogen-bond acceptors (Lipinski definition) is 7. The lowest BCUT2D eigenvalue weighted by atomic mass is 10.1. The summed E-state index contributed by atoms with van der Waals surface area (Å²) in [5.41, 5.74) is 0. The third-order valence-electron chi connectivity index (χ3n) is 5.54. The van der Waals surface area contributed by atoms with Crippen molar-refractivity contribution in [3.63, 3.8) is 0 Å². The van der Waals surface area contributed by atoms with E-state index in [1.165, 1.54) is 24.2 Å². The molecular weight excluding hydrogens is 360 g/mol. The number of fused-ring (bicyclic) bond motifs is 1. The number of hydrogen-bond donors (Lipinski definition) is 0. The van der Waals surface area contributed by atoms with Crippen LogP contribution < -0.4 is 0 Å². The molecule has 0 aromatic carbocycles. The van der Waals surface area contributed by atoms with Crippen LogP contribution in [0.1, 0.15) is 27.5 Å². The highest BCUT2D eigenvalue weighted by molar-refractivity contribution is 7.91. The van der Waals surface area contributed by atoms with Gasteiger partial charge < -0.3 is 4.90 Å². The maximum atomic E-state index is 13.0. The Morgan fingerprint density at radius 2 is 1.92 bits per heavy atom. The van der Waals surface area contributed by atoms with Crippen LogP contribution in [0.2, 0.25) is 0 Å². The number of carbonyl (C=O) groups is 1. The highest BCUT2D eigenvalue weighted by atomic mass is 32.2. The molecule has 3 saturated heterocycles. The highest BCUT2D eigenvalue weighted by Crippen LogP contribution is 2.28. The average molecular weight is 385 g/mol. The number of likely N-dealkylation sites (N-methyl/N-ethyl adjacent to an activating group) is 1. The predicted molar refractivity (Wildman–Crippen MR) is 96.5 cm³/mol. The molecule has 0 spiro atoms. The first-order valence-electron chi connectivity index (χ1n) is 8.82. The van der Waals surface area contributed by atoms with Crippen LogP contribution >= 0.6 is 11.3 Å². The first-order valence-corrected chi connectivity index (χ1v) is 11.5. The van der Waals surface area contributed by atoms with E-state index in [0.717, 1.165) is 24.6 Å². The van der Waals surface area contributed by atoms with E-state index in [2.05, 4.69) is 14.8 Å². The van der Waals surface area contributed by atoms with Crippen LogP contribution in [0.15, 0.2) is 6.20 Å². The molecule has 0 aliphatic carbocycles. The number of sulfone groups is 1. The Morgan fingerprint density at radius 1 is 1.20 bits per heavy atom. The van der Waals surface area contributed by atoms with Crippen molar-refractivity contribution in [2.45, 2.75) is 31.5 Å². The lowest BCUT2D eigenvalue weighted by Crippen LogP contribution is -2.59. The second-order valence-electron chi connectivity index (χ2n) is 7.29. The first kappa shape index (κ1) is 17.4. The number of thiazole rings is 1. The molecule has 7 nitrogen and oxygen atoms in total. The third kappa shape index (κ3) is 3.47. The Bertz CT molecular complexity index is 757. The Balaban J connectivity index is 1.49. The number of rotatable bonds is 3. The van der Waals surface area contributed by atoms with E-state index in [0.29, 0.717) is 18.0 Å². The lowest BCUT2D eigenvalue weighted by Gasteiger charge is -2.42. The normalized spacial score (nSPS) is 29.9. The van der Waals surface area contributed by atoms with Crippen molar-refractivity contribution < 1.29 is 13.2 Å². The average Bonchev–Trinajstić information content (AvgIpc) is 3.27. The van der Waals surface area contributed by atoms with Gasteiger partial charge in [0.2, 0.25) is 0 Å². The van der Waals surface area contributed by atoms with Crippen LogP contribution in [0, 0.1) is 0 Å². The maximum Gasteiger partial charge on any atom is 0.265 e. The molecule has 2 unspecified atom stereocenters. The van der Waals surface area contributed by atoms with Crippen molar-refractivity contribution in [1.29, 1.82) is 0 Å². The number of carbonyl (C=O) groups excluding carboxylic acids is 1.